The molecule has 0 aliphatic carbocycles. The van der Waals surface area contributed by atoms with Crippen molar-refractivity contribution in [3.8, 4) is 0 Å². The molecule has 5 nitrogen and oxygen atoms in total. The first-order valence-electron chi connectivity index (χ1n) is 5.50. The Kier molecular flexibility index (Phi) is 2.37. The van der Waals surface area contributed by atoms with Crippen LogP contribution in [0.4, 0.5) is 10.7 Å². The zero-order chi connectivity index (χ0) is 12.5. The van der Waals surface area contributed by atoms with Crippen molar-refractivity contribution >= 4 is 33.8 Å². The normalized spacial score (nSPS) is 10.7. The molecule has 90 valence electrons. The number of carbonyl (C=O) groups excluding carboxylic acids is 1. The van der Waals surface area contributed by atoms with Gasteiger partial charge in [-0.2, -0.15) is 0 Å². The minimum absolute atomic E-state index is 0.382. The number of ether oxygens (including phenoxy) is 1. The molecular formula is C13H11N3O2. The zero-order valence-electron chi connectivity index (χ0n) is 9.73. The van der Waals surface area contributed by atoms with E-state index in [9.17, 15) is 4.79 Å². The number of fused-ring (bicyclic) bond motifs is 2. The third-order valence-corrected chi connectivity index (χ3v) is 2.76. The zero-order valence-corrected chi connectivity index (χ0v) is 9.73. The lowest BCUT2D eigenvalue weighted by Crippen LogP contribution is -2.11. The van der Waals surface area contributed by atoms with E-state index in [1.165, 1.54) is 7.11 Å². The van der Waals surface area contributed by atoms with Gasteiger partial charge in [-0.1, -0.05) is 24.3 Å². The molecule has 1 heterocycles. The van der Waals surface area contributed by atoms with Gasteiger partial charge < -0.3 is 9.72 Å². The van der Waals surface area contributed by atoms with Crippen molar-refractivity contribution in [3.05, 3.63) is 36.4 Å². The number of carbonyl (C=O) groups is 1. The standard InChI is InChI=1S/C13H11N3O2/c1-18-13(17)16-12-14-10-6-8-4-2-3-5-9(8)7-11(10)15-12/h2-7H,1H3,(H2,14,15,16,17). The van der Waals surface area contributed by atoms with Crippen molar-refractivity contribution in [1.82, 2.24) is 9.97 Å². The molecule has 0 spiro atoms. The summed E-state index contributed by atoms with van der Waals surface area (Å²) in [5.74, 6) is 0.382. The van der Waals surface area contributed by atoms with E-state index in [2.05, 4.69) is 20.0 Å². The van der Waals surface area contributed by atoms with E-state index in [0.29, 0.717) is 5.95 Å². The summed E-state index contributed by atoms with van der Waals surface area (Å²) < 4.78 is 4.52. The summed E-state index contributed by atoms with van der Waals surface area (Å²) in [6, 6.07) is 12.0. The van der Waals surface area contributed by atoms with Crippen LogP contribution in [0.1, 0.15) is 0 Å². The minimum atomic E-state index is -0.543. The molecule has 0 atom stereocenters. The summed E-state index contributed by atoms with van der Waals surface area (Å²) in [6.45, 7) is 0. The molecule has 0 saturated heterocycles. The molecule has 0 radical (unpaired) electrons. The molecule has 0 fully saturated rings. The van der Waals surface area contributed by atoms with Gasteiger partial charge in [-0.05, 0) is 22.9 Å². The van der Waals surface area contributed by atoms with Crippen LogP contribution in [0.2, 0.25) is 0 Å². The van der Waals surface area contributed by atoms with E-state index in [-0.39, 0.29) is 0 Å². The Morgan fingerprint density at radius 1 is 1.28 bits per heavy atom. The van der Waals surface area contributed by atoms with Gasteiger partial charge in [0.25, 0.3) is 0 Å². The number of methoxy groups -OCH3 is 1. The molecule has 0 unspecified atom stereocenters. The van der Waals surface area contributed by atoms with E-state index in [1.807, 2.05) is 36.4 Å². The fourth-order valence-corrected chi connectivity index (χ4v) is 1.90. The summed E-state index contributed by atoms with van der Waals surface area (Å²) >= 11 is 0. The maximum atomic E-state index is 11.1. The molecule has 3 aromatic rings. The molecule has 3 rings (SSSR count). The average Bonchev–Trinajstić information content (AvgIpc) is 2.76. The molecule has 18 heavy (non-hydrogen) atoms. The number of benzene rings is 2. The molecular weight excluding hydrogens is 230 g/mol. The van der Waals surface area contributed by atoms with Gasteiger partial charge in [-0.3, -0.25) is 5.32 Å². The number of nitrogens with one attached hydrogen (secondary N) is 2. The van der Waals surface area contributed by atoms with Crippen molar-refractivity contribution in [2.45, 2.75) is 0 Å². The molecule has 1 aromatic heterocycles. The van der Waals surface area contributed by atoms with Crippen molar-refractivity contribution in [1.29, 1.82) is 0 Å². The lowest BCUT2D eigenvalue weighted by Gasteiger charge is -1.97. The Balaban J connectivity index is 2.11. The quantitative estimate of drug-likeness (QED) is 0.688. The van der Waals surface area contributed by atoms with Crippen molar-refractivity contribution in [2.24, 2.45) is 0 Å². The second-order valence-electron chi connectivity index (χ2n) is 3.92. The van der Waals surface area contributed by atoms with Crippen LogP contribution < -0.4 is 5.32 Å². The van der Waals surface area contributed by atoms with Crippen LogP contribution in [0.25, 0.3) is 21.8 Å². The second-order valence-corrected chi connectivity index (χ2v) is 3.92. The van der Waals surface area contributed by atoms with E-state index in [1.54, 1.807) is 0 Å². The number of hydrogen-bond donors (Lipinski definition) is 2. The maximum Gasteiger partial charge on any atom is 0.413 e. The maximum absolute atomic E-state index is 11.1. The Morgan fingerprint density at radius 2 is 2.00 bits per heavy atom. The highest BCUT2D eigenvalue weighted by Crippen LogP contribution is 2.22. The monoisotopic (exact) mass is 241 g/mol. The number of anilines is 1. The molecule has 0 aliphatic rings. The average molecular weight is 241 g/mol. The lowest BCUT2D eigenvalue weighted by molar-refractivity contribution is 0.186. The number of hydrogen-bond acceptors (Lipinski definition) is 3. The number of aromatic amines is 1. The molecule has 1 amide bonds. The third-order valence-electron chi connectivity index (χ3n) is 2.76. The second kappa shape index (κ2) is 4.03. The first-order valence-corrected chi connectivity index (χ1v) is 5.50. The summed E-state index contributed by atoms with van der Waals surface area (Å²) in [6.07, 6.45) is -0.543. The Morgan fingerprint density at radius 3 is 2.72 bits per heavy atom. The summed E-state index contributed by atoms with van der Waals surface area (Å²) in [4.78, 5) is 18.4. The molecule has 5 heteroatoms. The highest BCUT2D eigenvalue weighted by molar-refractivity contribution is 5.96. The summed E-state index contributed by atoms with van der Waals surface area (Å²) in [5, 5.41) is 4.74. The fourth-order valence-electron chi connectivity index (χ4n) is 1.90. The number of aromatic nitrogens is 2. The largest absolute Gasteiger partial charge is 0.453 e. The number of imidazole rings is 1. The van der Waals surface area contributed by atoms with Gasteiger partial charge >= 0.3 is 6.09 Å². The lowest BCUT2D eigenvalue weighted by atomic mass is 10.1. The third kappa shape index (κ3) is 1.75. The Labute approximate surface area is 103 Å². The van der Waals surface area contributed by atoms with E-state index in [0.717, 1.165) is 21.8 Å². The van der Waals surface area contributed by atoms with Crippen LogP contribution in [0, 0.1) is 0 Å². The molecule has 0 aliphatic heterocycles. The molecule has 0 bridgehead atoms. The first kappa shape index (κ1) is 10.6. The van der Waals surface area contributed by atoms with Gasteiger partial charge in [0.05, 0.1) is 18.1 Å². The molecule has 0 saturated carbocycles. The molecule has 2 aromatic carbocycles. The van der Waals surface area contributed by atoms with Crippen LogP contribution in [0.3, 0.4) is 0 Å². The van der Waals surface area contributed by atoms with E-state index < -0.39 is 6.09 Å². The van der Waals surface area contributed by atoms with Crippen molar-refractivity contribution in [2.75, 3.05) is 12.4 Å². The van der Waals surface area contributed by atoms with Gasteiger partial charge in [0.15, 0.2) is 0 Å². The predicted molar refractivity (Wildman–Crippen MR) is 69.6 cm³/mol. The number of rotatable bonds is 1. The fraction of sp³-hybridized carbons (Fsp3) is 0.0769. The molecule has 2 N–H and O–H groups in total. The van der Waals surface area contributed by atoms with Crippen molar-refractivity contribution in [3.63, 3.8) is 0 Å². The summed E-state index contributed by atoms with van der Waals surface area (Å²) in [5.41, 5.74) is 1.68. The predicted octanol–water partition coefficient (Wildman–Crippen LogP) is 2.89. The highest BCUT2D eigenvalue weighted by atomic mass is 16.5. The van der Waals surface area contributed by atoms with Crippen LogP contribution in [0.5, 0.6) is 0 Å². The van der Waals surface area contributed by atoms with Gasteiger partial charge in [-0.15, -0.1) is 0 Å². The minimum Gasteiger partial charge on any atom is -0.453 e. The number of H-pyrrole nitrogens is 1. The van der Waals surface area contributed by atoms with Gasteiger partial charge in [0, 0.05) is 0 Å². The summed E-state index contributed by atoms with van der Waals surface area (Å²) in [7, 11) is 1.31. The van der Waals surface area contributed by atoms with Crippen LogP contribution in [0.15, 0.2) is 36.4 Å². The SMILES string of the molecule is COC(=O)Nc1nc2cc3ccccc3cc2[nH]1. The number of nitrogens with zero attached hydrogens (tertiary/aromatic N) is 1. The van der Waals surface area contributed by atoms with Crippen LogP contribution in [-0.2, 0) is 4.74 Å². The van der Waals surface area contributed by atoms with Crippen LogP contribution in [-0.4, -0.2) is 23.2 Å². The van der Waals surface area contributed by atoms with Crippen LogP contribution >= 0.6 is 0 Å². The first-order chi connectivity index (χ1) is 8.76. The van der Waals surface area contributed by atoms with Gasteiger partial charge in [-0.25, -0.2) is 9.78 Å². The Hall–Kier alpha value is -2.56. The number of amides is 1. The van der Waals surface area contributed by atoms with Gasteiger partial charge in [0.1, 0.15) is 0 Å². The van der Waals surface area contributed by atoms with Gasteiger partial charge in [0.2, 0.25) is 5.95 Å². The topological polar surface area (TPSA) is 67.0 Å². The van der Waals surface area contributed by atoms with E-state index >= 15 is 0 Å². The van der Waals surface area contributed by atoms with E-state index in [4.69, 9.17) is 0 Å². The smallest absolute Gasteiger partial charge is 0.413 e. The Bertz CT molecular complexity index is 681. The highest BCUT2D eigenvalue weighted by Gasteiger charge is 2.07. The van der Waals surface area contributed by atoms with Crippen molar-refractivity contribution < 1.29 is 9.53 Å².